The van der Waals surface area contributed by atoms with Crippen molar-refractivity contribution >= 4 is 57.5 Å². The van der Waals surface area contributed by atoms with Crippen LogP contribution in [0.3, 0.4) is 0 Å². The van der Waals surface area contributed by atoms with E-state index in [1.54, 1.807) is 0 Å². The molecule has 7 aromatic carbocycles. The second-order valence-corrected chi connectivity index (χ2v) is 13.6. The molecule has 7 aromatic rings. The van der Waals surface area contributed by atoms with Gasteiger partial charge in [0.2, 0.25) is 0 Å². The molecule has 0 bridgehead atoms. The fraction of sp³-hybridized carbons (Fsp3) is 0.0417. The highest BCUT2D eigenvalue weighted by Crippen LogP contribution is 2.48. The number of hydrogen-bond donors (Lipinski definition) is 0. The van der Waals surface area contributed by atoms with Gasteiger partial charge < -0.3 is 14.7 Å². The third-order valence-electron chi connectivity index (χ3n) is 10.7. The van der Waals surface area contributed by atoms with Crippen molar-refractivity contribution in [1.29, 1.82) is 0 Å². The molecular formula is C48H36BN3. The summed E-state index contributed by atoms with van der Waals surface area (Å²) in [6.45, 7) is 0.114. The minimum atomic E-state index is 0.114. The van der Waals surface area contributed by atoms with Gasteiger partial charge in [-0.2, -0.15) is 0 Å². The second kappa shape index (κ2) is 12.7. The normalized spacial score (nSPS) is 14.3. The highest BCUT2D eigenvalue weighted by Gasteiger charge is 2.45. The predicted octanol–water partition coefficient (Wildman–Crippen LogP) is 11.2. The van der Waals surface area contributed by atoms with Crippen molar-refractivity contribution in [2.45, 2.75) is 12.8 Å². The molecule has 0 radical (unpaired) electrons. The van der Waals surface area contributed by atoms with Crippen LogP contribution in [-0.2, 0) is 0 Å². The number of hydrogen-bond acceptors (Lipinski definition) is 3. The van der Waals surface area contributed by atoms with E-state index < -0.39 is 0 Å². The van der Waals surface area contributed by atoms with Crippen molar-refractivity contribution in [3.05, 3.63) is 211 Å². The van der Waals surface area contributed by atoms with Gasteiger partial charge in [0.25, 0.3) is 6.71 Å². The Morgan fingerprint density at radius 2 is 1.00 bits per heavy atom. The van der Waals surface area contributed by atoms with Gasteiger partial charge in [-0.15, -0.1) is 0 Å². The van der Waals surface area contributed by atoms with Crippen LogP contribution < -0.4 is 25.6 Å². The molecule has 0 atom stereocenters. The number of fused-ring (bicyclic) bond motifs is 4. The summed E-state index contributed by atoms with van der Waals surface area (Å²) in [6, 6.07) is 68.3. The van der Waals surface area contributed by atoms with Crippen molar-refractivity contribution in [3.8, 4) is 11.1 Å². The summed E-state index contributed by atoms with van der Waals surface area (Å²) >= 11 is 0. The van der Waals surface area contributed by atoms with Gasteiger partial charge in [0.1, 0.15) is 0 Å². The third-order valence-corrected chi connectivity index (χ3v) is 10.7. The van der Waals surface area contributed by atoms with Gasteiger partial charge in [0.15, 0.2) is 0 Å². The molecule has 1 aliphatic carbocycles. The van der Waals surface area contributed by atoms with Crippen LogP contribution in [0.25, 0.3) is 11.1 Å². The van der Waals surface area contributed by atoms with Crippen LogP contribution in [0.5, 0.6) is 0 Å². The van der Waals surface area contributed by atoms with Gasteiger partial charge in [0.05, 0.1) is 0 Å². The molecule has 3 nitrogen and oxygen atoms in total. The van der Waals surface area contributed by atoms with E-state index in [0.717, 1.165) is 35.6 Å². The van der Waals surface area contributed by atoms with E-state index in [-0.39, 0.29) is 6.71 Å². The van der Waals surface area contributed by atoms with E-state index in [9.17, 15) is 0 Å². The maximum Gasteiger partial charge on any atom is 0.251 e. The van der Waals surface area contributed by atoms with Gasteiger partial charge in [-0.05, 0) is 107 Å². The average molecular weight is 666 g/mol. The van der Waals surface area contributed by atoms with E-state index in [1.807, 2.05) is 0 Å². The third kappa shape index (κ3) is 4.98. The molecule has 0 saturated heterocycles. The molecule has 3 aliphatic rings. The molecule has 0 saturated carbocycles. The number of para-hydroxylation sites is 4. The van der Waals surface area contributed by atoms with Gasteiger partial charge in [-0.25, -0.2) is 0 Å². The van der Waals surface area contributed by atoms with E-state index >= 15 is 0 Å². The minimum absolute atomic E-state index is 0.114. The lowest BCUT2D eigenvalue weighted by atomic mass is 9.32. The minimum Gasteiger partial charge on any atom is -0.315 e. The summed E-state index contributed by atoms with van der Waals surface area (Å²) in [4.78, 5) is 7.43. The summed E-state index contributed by atoms with van der Waals surface area (Å²) in [5.74, 6) is 0. The Morgan fingerprint density at radius 1 is 0.442 bits per heavy atom. The highest BCUT2D eigenvalue weighted by molar-refractivity contribution is 6.94. The standard InChI is InChI=1S/C48H36BN3/c1-5-16-35(17-6-1)36-28-30-40(31-29-36)52-46-27-15-26-45-48(46)49(42-24-13-14-25-44(42)51(45)39-22-11-4-12-23-39)43-33-32-41(34-47(43)52)50(37-18-7-2-8-19-37)38-20-9-3-10-21-38/h1-14,16-25,27-34H,15,26H2. The fourth-order valence-corrected chi connectivity index (χ4v) is 8.48. The molecule has 10 rings (SSSR count). The Hall–Kier alpha value is -6.52. The van der Waals surface area contributed by atoms with E-state index in [0.29, 0.717) is 0 Å². The molecule has 0 aromatic heterocycles. The first-order valence-electron chi connectivity index (χ1n) is 18.2. The first-order valence-corrected chi connectivity index (χ1v) is 18.2. The highest BCUT2D eigenvalue weighted by atomic mass is 15.2. The van der Waals surface area contributed by atoms with Gasteiger partial charge in [0, 0.05) is 51.2 Å². The Kier molecular flexibility index (Phi) is 7.39. The van der Waals surface area contributed by atoms with Gasteiger partial charge in [-0.3, -0.25) is 0 Å². The first kappa shape index (κ1) is 30.3. The van der Waals surface area contributed by atoms with Crippen LogP contribution in [0.2, 0.25) is 0 Å². The van der Waals surface area contributed by atoms with Crippen LogP contribution in [0.1, 0.15) is 12.8 Å². The number of benzene rings is 7. The fourth-order valence-electron chi connectivity index (χ4n) is 8.48. The maximum absolute atomic E-state index is 2.53. The Balaban J connectivity index is 1.22. The van der Waals surface area contributed by atoms with E-state index in [4.69, 9.17) is 0 Å². The molecule has 0 unspecified atom stereocenters. The predicted molar refractivity (Wildman–Crippen MR) is 220 cm³/mol. The van der Waals surface area contributed by atoms with Crippen LogP contribution in [-0.4, -0.2) is 6.71 Å². The molecule has 0 fully saturated rings. The largest absolute Gasteiger partial charge is 0.315 e. The summed E-state index contributed by atoms with van der Waals surface area (Å²) in [7, 11) is 0. The van der Waals surface area contributed by atoms with E-state index in [2.05, 4.69) is 209 Å². The Labute approximate surface area is 306 Å². The smallest absolute Gasteiger partial charge is 0.251 e. The van der Waals surface area contributed by atoms with Crippen molar-refractivity contribution in [2.75, 3.05) is 14.7 Å². The number of anilines is 7. The van der Waals surface area contributed by atoms with Crippen LogP contribution in [0, 0.1) is 0 Å². The topological polar surface area (TPSA) is 9.72 Å². The van der Waals surface area contributed by atoms with Crippen LogP contribution in [0.15, 0.2) is 211 Å². The lowest BCUT2D eigenvalue weighted by Gasteiger charge is -2.47. The molecule has 4 heteroatoms. The summed E-state index contributed by atoms with van der Waals surface area (Å²) in [5, 5.41) is 0. The molecule has 0 spiro atoms. The monoisotopic (exact) mass is 665 g/mol. The van der Waals surface area contributed by atoms with Gasteiger partial charge >= 0.3 is 0 Å². The molecule has 2 aliphatic heterocycles. The SMILES string of the molecule is C1=C2C3=C(CC1)N(c1ccccc1)c1ccccc1B3c1ccc(N(c3ccccc3)c3ccccc3)cc1N2c1ccc(-c2ccccc2)cc1. The van der Waals surface area contributed by atoms with Crippen molar-refractivity contribution in [2.24, 2.45) is 0 Å². The zero-order chi connectivity index (χ0) is 34.4. The second-order valence-electron chi connectivity index (χ2n) is 13.6. The molecule has 52 heavy (non-hydrogen) atoms. The lowest BCUT2D eigenvalue weighted by molar-refractivity contribution is 0.882. The van der Waals surface area contributed by atoms with Crippen molar-refractivity contribution < 1.29 is 0 Å². The number of rotatable bonds is 6. The lowest BCUT2D eigenvalue weighted by Crippen LogP contribution is -2.57. The summed E-state index contributed by atoms with van der Waals surface area (Å²) in [6.07, 6.45) is 4.44. The Bertz CT molecular complexity index is 2420. The first-order chi connectivity index (χ1) is 25.8. The number of nitrogens with zero attached hydrogens (tertiary/aromatic N) is 3. The molecule has 2 heterocycles. The van der Waals surface area contributed by atoms with Crippen LogP contribution in [0.4, 0.5) is 39.8 Å². The molecule has 246 valence electrons. The summed E-state index contributed by atoms with van der Waals surface area (Å²) < 4.78 is 0. The quantitative estimate of drug-likeness (QED) is 0.164. The summed E-state index contributed by atoms with van der Waals surface area (Å²) in [5.41, 5.74) is 17.4. The molecule has 0 N–H and O–H groups in total. The molecule has 0 amide bonds. The Morgan fingerprint density at radius 3 is 1.69 bits per heavy atom. The zero-order valence-electron chi connectivity index (χ0n) is 28.8. The van der Waals surface area contributed by atoms with E-state index in [1.165, 1.54) is 56.0 Å². The number of allylic oxidation sites excluding steroid dienone is 3. The van der Waals surface area contributed by atoms with Gasteiger partial charge in [-0.1, -0.05) is 127 Å². The van der Waals surface area contributed by atoms with Crippen LogP contribution >= 0.6 is 0 Å². The maximum atomic E-state index is 2.53. The zero-order valence-corrected chi connectivity index (χ0v) is 28.8. The van der Waals surface area contributed by atoms with Crippen molar-refractivity contribution in [3.63, 3.8) is 0 Å². The average Bonchev–Trinajstić information content (AvgIpc) is 3.22. The molecular weight excluding hydrogens is 629 g/mol. The van der Waals surface area contributed by atoms with Crippen molar-refractivity contribution in [1.82, 2.24) is 0 Å².